The number of aryl methyl sites for hydroxylation is 1. The second-order valence-electron chi connectivity index (χ2n) is 5.30. The number of methoxy groups -OCH3 is 1. The number of ether oxygens (including phenoxy) is 1. The third-order valence-electron chi connectivity index (χ3n) is 3.72. The van der Waals surface area contributed by atoms with Crippen molar-refractivity contribution in [1.82, 2.24) is 14.9 Å². The molecule has 1 aromatic rings. The Labute approximate surface area is 115 Å². The molecule has 0 unspecified atom stereocenters. The van der Waals surface area contributed by atoms with Gasteiger partial charge in [0.2, 0.25) is 5.88 Å². The van der Waals surface area contributed by atoms with Gasteiger partial charge in [0.05, 0.1) is 7.11 Å². The van der Waals surface area contributed by atoms with E-state index >= 15 is 0 Å². The molecule has 2 heterocycles. The van der Waals surface area contributed by atoms with Crippen molar-refractivity contribution in [3.05, 3.63) is 11.9 Å². The van der Waals surface area contributed by atoms with E-state index in [2.05, 4.69) is 27.2 Å². The van der Waals surface area contributed by atoms with Gasteiger partial charge in [-0.25, -0.2) is 4.98 Å². The molecule has 106 valence electrons. The molecule has 1 aromatic heterocycles. The SMILES string of the molecule is COc1cc(NCCC2CCN(C)CC2)nc(C)n1. The first-order valence-electron chi connectivity index (χ1n) is 6.99. The maximum Gasteiger partial charge on any atom is 0.218 e. The highest BCUT2D eigenvalue weighted by atomic mass is 16.5. The van der Waals surface area contributed by atoms with E-state index in [0.717, 1.165) is 24.1 Å². The number of likely N-dealkylation sites (tertiary alicyclic amines) is 1. The Morgan fingerprint density at radius 1 is 1.37 bits per heavy atom. The average Bonchev–Trinajstić information content (AvgIpc) is 2.40. The molecule has 1 aliphatic rings. The minimum atomic E-state index is 0.620. The van der Waals surface area contributed by atoms with Crippen molar-refractivity contribution in [2.24, 2.45) is 5.92 Å². The van der Waals surface area contributed by atoms with Gasteiger partial charge in [0.1, 0.15) is 11.6 Å². The molecule has 19 heavy (non-hydrogen) atoms. The zero-order valence-corrected chi connectivity index (χ0v) is 12.1. The fraction of sp³-hybridized carbons (Fsp3) is 0.714. The maximum atomic E-state index is 5.15. The van der Waals surface area contributed by atoms with Crippen LogP contribution >= 0.6 is 0 Å². The molecule has 0 aromatic carbocycles. The molecule has 0 amide bonds. The van der Waals surface area contributed by atoms with Crippen LogP contribution in [-0.2, 0) is 0 Å². The summed E-state index contributed by atoms with van der Waals surface area (Å²) >= 11 is 0. The van der Waals surface area contributed by atoms with E-state index in [1.165, 1.54) is 32.4 Å². The summed E-state index contributed by atoms with van der Waals surface area (Å²) < 4.78 is 5.15. The van der Waals surface area contributed by atoms with Crippen molar-refractivity contribution in [2.75, 3.05) is 39.1 Å². The minimum absolute atomic E-state index is 0.620. The first-order valence-corrected chi connectivity index (χ1v) is 6.99. The van der Waals surface area contributed by atoms with E-state index in [4.69, 9.17) is 4.74 Å². The molecule has 0 radical (unpaired) electrons. The third-order valence-corrected chi connectivity index (χ3v) is 3.72. The van der Waals surface area contributed by atoms with Gasteiger partial charge in [-0.3, -0.25) is 0 Å². The van der Waals surface area contributed by atoms with Crippen LogP contribution in [0.2, 0.25) is 0 Å². The van der Waals surface area contributed by atoms with Gasteiger partial charge < -0.3 is 15.0 Å². The average molecular weight is 264 g/mol. The summed E-state index contributed by atoms with van der Waals surface area (Å²) in [5.41, 5.74) is 0. The third kappa shape index (κ3) is 4.35. The highest BCUT2D eigenvalue weighted by Crippen LogP contribution is 2.20. The highest BCUT2D eigenvalue weighted by Gasteiger charge is 2.16. The Balaban J connectivity index is 1.77. The van der Waals surface area contributed by atoms with E-state index in [-0.39, 0.29) is 0 Å². The lowest BCUT2D eigenvalue weighted by molar-refractivity contribution is 0.215. The summed E-state index contributed by atoms with van der Waals surface area (Å²) in [6, 6.07) is 1.85. The van der Waals surface area contributed by atoms with Crippen LogP contribution in [0.25, 0.3) is 0 Å². The van der Waals surface area contributed by atoms with Gasteiger partial charge in [-0.05, 0) is 52.2 Å². The number of hydrogen-bond donors (Lipinski definition) is 1. The van der Waals surface area contributed by atoms with Crippen molar-refractivity contribution in [3.8, 4) is 5.88 Å². The zero-order valence-electron chi connectivity index (χ0n) is 12.1. The second kappa shape index (κ2) is 6.70. The Kier molecular flexibility index (Phi) is 4.96. The highest BCUT2D eigenvalue weighted by molar-refractivity contribution is 5.38. The molecule has 1 fully saturated rings. The molecule has 1 aliphatic heterocycles. The summed E-state index contributed by atoms with van der Waals surface area (Å²) in [6.45, 7) is 5.30. The van der Waals surface area contributed by atoms with Crippen LogP contribution in [0.5, 0.6) is 5.88 Å². The molecule has 1 saturated heterocycles. The normalized spacial score (nSPS) is 17.4. The van der Waals surface area contributed by atoms with Gasteiger partial charge in [0.25, 0.3) is 0 Å². The van der Waals surface area contributed by atoms with Gasteiger partial charge >= 0.3 is 0 Å². The van der Waals surface area contributed by atoms with Gasteiger partial charge in [-0.15, -0.1) is 0 Å². The van der Waals surface area contributed by atoms with Crippen molar-refractivity contribution in [3.63, 3.8) is 0 Å². The zero-order chi connectivity index (χ0) is 13.7. The largest absolute Gasteiger partial charge is 0.481 e. The summed E-state index contributed by atoms with van der Waals surface area (Å²) in [4.78, 5) is 11.0. The fourth-order valence-electron chi connectivity index (χ4n) is 2.49. The van der Waals surface area contributed by atoms with Gasteiger partial charge in [-0.1, -0.05) is 0 Å². The van der Waals surface area contributed by atoms with Crippen molar-refractivity contribution in [2.45, 2.75) is 26.2 Å². The first-order chi connectivity index (χ1) is 9.17. The van der Waals surface area contributed by atoms with E-state index < -0.39 is 0 Å². The van der Waals surface area contributed by atoms with Gasteiger partial charge in [0.15, 0.2) is 0 Å². The molecule has 5 nitrogen and oxygen atoms in total. The van der Waals surface area contributed by atoms with Crippen molar-refractivity contribution < 1.29 is 4.74 Å². The Hall–Kier alpha value is -1.36. The number of nitrogens with zero attached hydrogens (tertiary/aromatic N) is 3. The van der Waals surface area contributed by atoms with Crippen LogP contribution in [0.3, 0.4) is 0 Å². The van der Waals surface area contributed by atoms with Crippen molar-refractivity contribution in [1.29, 1.82) is 0 Å². The standard InChI is InChI=1S/C14H24N4O/c1-11-16-13(10-14(17-11)19-3)15-7-4-12-5-8-18(2)9-6-12/h10,12H,4-9H2,1-3H3,(H,15,16,17). The molecule has 0 atom stereocenters. The molecular weight excluding hydrogens is 240 g/mol. The Morgan fingerprint density at radius 2 is 2.11 bits per heavy atom. The lowest BCUT2D eigenvalue weighted by atomic mass is 9.94. The second-order valence-corrected chi connectivity index (χ2v) is 5.30. The molecular formula is C14H24N4O. The number of piperidine rings is 1. The topological polar surface area (TPSA) is 50.3 Å². The first kappa shape index (κ1) is 14.1. The maximum absolute atomic E-state index is 5.15. The van der Waals surface area contributed by atoms with Crippen LogP contribution in [0.15, 0.2) is 6.07 Å². The van der Waals surface area contributed by atoms with Crippen molar-refractivity contribution >= 4 is 5.82 Å². The smallest absolute Gasteiger partial charge is 0.218 e. The lowest BCUT2D eigenvalue weighted by Gasteiger charge is -2.28. The lowest BCUT2D eigenvalue weighted by Crippen LogP contribution is -2.30. The summed E-state index contributed by atoms with van der Waals surface area (Å²) in [5, 5.41) is 3.37. The van der Waals surface area contributed by atoms with Gasteiger partial charge in [0, 0.05) is 12.6 Å². The quantitative estimate of drug-likeness (QED) is 0.880. The number of nitrogens with one attached hydrogen (secondary N) is 1. The summed E-state index contributed by atoms with van der Waals surface area (Å²) in [6.07, 6.45) is 3.83. The van der Waals surface area contributed by atoms with E-state index in [1.54, 1.807) is 7.11 Å². The molecule has 0 bridgehead atoms. The summed E-state index contributed by atoms with van der Waals surface area (Å²) in [5.74, 6) is 3.06. The molecule has 0 aliphatic carbocycles. The molecule has 0 saturated carbocycles. The number of rotatable bonds is 5. The molecule has 2 rings (SSSR count). The van der Waals surface area contributed by atoms with Gasteiger partial charge in [-0.2, -0.15) is 4.98 Å². The van der Waals surface area contributed by atoms with Crippen LogP contribution in [0.1, 0.15) is 25.1 Å². The number of hydrogen-bond acceptors (Lipinski definition) is 5. The van der Waals surface area contributed by atoms with E-state index in [9.17, 15) is 0 Å². The van der Waals surface area contributed by atoms with E-state index in [0.29, 0.717) is 5.88 Å². The minimum Gasteiger partial charge on any atom is -0.481 e. The molecule has 5 heteroatoms. The Morgan fingerprint density at radius 3 is 2.79 bits per heavy atom. The predicted octanol–water partition coefficient (Wildman–Crippen LogP) is 1.94. The number of anilines is 1. The monoisotopic (exact) mass is 264 g/mol. The Bertz CT molecular complexity index is 402. The summed E-state index contributed by atoms with van der Waals surface area (Å²) in [7, 11) is 3.83. The molecule has 0 spiro atoms. The molecule has 1 N–H and O–H groups in total. The van der Waals surface area contributed by atoms with Crippen LogP contribution in [0, 0.1) is 12.8 Å². The number of aromatic nitrogens is 2. The fourth-order valence-corrected chi connectivity index (χ4v) is 2.49. The predicted molar refractivity (Wildman–Crippen MR) is 76.6 cm³/mol. The van der Waals surface area contributed by atoms with E-state index in [1.807, 2.05) is 13.0 Å². The van der Waals surface area contributed by atoms with Crippen LogP contribution in [0.4, 0.5) is 5.82 Å². The van der Waals surface area contributed by atoms with Crippen LogP contribution < -0.4 is 10.1 Å². The van der Waals surface area contributed by atoms with Crippen LogP contribution in [-0.4, -0.2) is 48.7 Å².